The average Bonchev–Trinajstić information content (AvgIpc) is 2.17. The number of ether oxygens (including phenoxy) is 1. The first-order chi connectivity index (χ1) is 6.15. The lowest BCUT2D eigenvalue weighted by Gasteiger charge is -1.99. The molecule has 0 unspecified atom stereocenters. The zero-order valence-corrected chi connectivity index (χ0v) is 7.72. The maximum absolute atomic E-state index is 7.73. The van der Waals surface area contributed by atoms with Crippen molar-refractivity contribution in [3.63, 3.8) is 0 Å². The Morgan fingerprint density at radius 2 is 1.92 bits per heavy atom. The van der Waals surface area contributed by atoms with Crippen molar-refractivity contribution in [2.24, 2.45) is 0 Å². The normalized spacial score (nSPS) is 10.4. The molecule has 0 radical (unpaired) electrons. The molecule has 0 aliphatic rings. The Morgan fingerprint density at radius 1 is 1.33 bits per heavy atom. The van der Waals surface area contributed by atoms with E-state index in [0.717, 1.165) is 16.9 Å². The van der Waals surface area contributed by atoms with E-state index in [1.807, 2.05) is 38.1 Å². The smallest absolute Gasteiger partial charge is 0.118 e. The predicted octanol–water partition coefficient (Wildman–Crippen LogP) is 3.12. The maximum atomic E-state index is 7.73. The molecule has 0 atom stereocenters. The minimum absolute atomic E-state index is 0.586. The molecule has 0 aliphatic carbocycles. The first-order valence-electron chi connectivity index (χ1n) is 4.43. The molecule has 1 aromatic carbocycles. The van der Waals surface area contributed by atoms with E-state index in [4.69, 9.17) is 6.11 Å². The van der Waals surface area contributed by atoms with E-state index in [9.17, 15) is 0 Å². The van der Waals surface area contributed by atoms with Crippen LogP contribution in [0.1, 0.15) is 20.8 Å². The van der Waals surface area contributed by atoms with Crippen molar-refractivity contribution in [2.45, 2.75) is 13.8 Å². The van der Waals surface area contributed by atoms with Gasteiger partial charge in [0, 0.05) is 0 Å². The third-order valence-corrected chi connectivity index (χ3v) is 1.48. The minimum atomic E-state index is 0.586. The highest BCUT2D eigenvalue weighted by molar-refractivity contribution is 5.52. The number of benzene rings is 1. The van der Waals surface area contributed by atoms with Crippen LogP contribution in [0.4, 0.5) is 0 Å². The third kappa shape index (κ3) is 2.42. The predicted molar refractivity (Wildman–Crippen MR) is 52.3 cm³/mol. The summed E-state index contributed by atoms with van der Waals surface area (Å²) in [6, 6.07) is 8.12. The van der Waals surface area contributed by atoms with Gasteiger partial charge < -0.3 is 4.74 Å². The second kappa shape index (κ2) is 3.96. The Morgan fingerprint density at radius 3 is 2.33 bits per heavy atom. The molecule has 0 aliphatic heterocycles. The van der Waals surface area contributed by atoms with Gasteiger partial charge in [-0.05, 0) is 31.5 Å². The number of allylic oxidation sites excluding steroid dienone is 1. The van der Waals surface area contributed by atoms with Crippen LogP contribution in [-0.4, -0.2) is 7.11 Å². The van der Waals surface area contributed by atoms with Gasteiger partial charge in [-0.1, -0.05) is 23.8 Å². The van der Waals surface area contributed by atoms with Crippen molar-refractivity contribution < 1.29 is 6.11 Å². The zero-order chi connectivity index (χ0) is 9.84. The lowest BCUT2D eigenvalue weighted by molar-refractivity contribution is 0.415. The Bertz CT molecular complexity index is 307. The van der Waals surface area contributed by atoms with Gasteiger partial charge in [-0.3, -0.25) is 0 Å². The van der Waals surface area contributed by atoms with Crippen LogP contribution in [0.2, 0.25) is 0 Å². The van der Waals surface area contributed by atoms with Gasteiger partial charge in [0.15, 0.2) is 0 Å². The number of hydrogen-bond acceptors (Lipinski definition) is 1. The van der Waals surface area contributed by atoms with Gasteiger partial charge in [0.2, 0.25) is 0 Å². The Hall–Kier alpha value is -1.24. The third-order valence-electron chi connectivity index (χ3n) is 1.48. The molecule has 0 saturated heterocycles. The average molecular weight is 163 g/mol. The second-order valence-electron chi connectivity index (χ2n) is 2.85. The van der Waals surface area contributed by atoms with Gasteiger partial charge in [-0.25, -0.2) is 0 Å². The van der Waals surface area contributed by atoms with Crippen LogP contribution in [0, 0.1) is 0 Å². The van der Waals surface area contributed by atoms with Crippen molar-refractivity contribution in [2.75, 3.05) is 7.11 Å². The van der Waals surface area contributed by atoms with E-state index < -0.39 is 0 Å². The first kappa shape index (κ1) is 7.41. The van der Waals surface area contributed by atoms with E-state index in [2.05, 4.69) is 0 Å². The van der Waals surface area contributed by atoms with Gasteiger partial charge in [-0.15, -0.1) is 0 Å². The maximum Gasteiger partial charge on any atom is 0.118 e. The van der Waals surface area contributed by atoms with Gasteiger partial charge in [-0.2, -0.15) is 0 Å². The summed E-state index contributed by atoms with van der Waals surface area (Å²) in [5.74, 6) is 0.824. The molecule has 0 bridgehead atoms. The van der Waals surface area contributed by atoms with Crippen molar-refractivity contribution in [3.05, 3.63) is 35.4 Å². The largest absolute Gasteiger partial charge is 0.497 e. The molecule has 1 heteroatoms. The van der Waals surface area contributed by atoms with Crippen LogP contribution < -0.4 is 4.74 Å². The fraction of sp³-hybridized carbons (Fsp3) is 0.273. The van der Waals surface area contributed by atoms with Crippen molar-refractivity contribution in [1.29, 1.82) is 0 Å². The monoisotopic (exact) mass is 163 g/mol. The van der Waals surface area contributed by atoms with Crippen molar-refractivity contribution in [3.8, 4) is 5.75 Å². The van der Waals surface area contributed by atoms with Crippen molar-refractivity contribution >= 4 is 6.05 Å². The molecule has 0 heterocycles. The summed E-state index contributed by atoms with van der Waals surface area (Å²) in [6.07, 6.45) is 0. The van der Waals surface area contributed by atoms with Crippen LogP contribution >= 0.6 is 0 Å². The summed E-state index contributed by atoms with van der Waals surface area (Å²) >= 11 is 0. The number of hydrogen-bond donors (Lipinski definition) is 0. The number of methoxy groups -OCH3 is 1. The Balaban J connectivity index is 2.99. The highest BCUT2D eigenvalue weighted by atomic mass is 16.5. The summed E-state index contributed by atoms with van der Waals surface area (Å²) in [7, 11) is 1.64. The summed E-state index contributed by atoms with van der Waals surface area (Å²) in [5, 5.41) is 0. The van der Waals surface area contributed by atoms with Crippen molar-refractivity contribution in [1.82, 2.24) is 0 Å². The summed E-state index contributed by atoms with van der Waals surface area (Å²) in [6.45, 7) is 3.87. The molecule has 0 saturated carbocycles. The van der Waals surface area contributed by atoms with Gasteiger partial charge >= 0.3 is 0 Å². The van der Waals surface area contributed by atoms with Crippen LogP contribution in [0.25, 0.3) is 6.05 Å². The molecule has 0 spiro atoms. The molecule has 0 amide bonds. The lowest BCUT2D eigenvalue weighted by Crippen LogP contribution is -1.81. The minimum Gasteiger partial charge on any atom is -0.497 e. The quantitative estimate of drug-likeness (QED) is 0.651. The molecule has 0 aromatic heterocycles. The molecule has 0 N–H and O–H groups in total. The van der Waals surface area contributed by atoms with E-state index in [-0.39, 0.29) is 0 Å². The van der Waals surface area contributed by atoms with Crippen LogP contribution in [0.3, 0.4) is 0 Å². The molecular weight excluding hydrogens is 148 g/mol. The SMILES string of the molecule is [2H]C(=C(C)C)c1ccc(OC)cc1. The highest BCUT2D eigenvalue weighted by Crippen LogP contribution is 2.13. The summed E-state index contributed by atoms with van der Waals surface area (Å²) < 4.78 is 12.8. The van der Waals surface area contributed by atoms with Crippen LogP contribution in [0.5, 0.6) is 5.75 Å². The second-order valence-corrected chi connectivity index (χ2v) is 2.85. The molecule has 1 aromatic rings. The molecule has 64 valence electrons. The fourth-order valence-corrected chi connectivity index (χ4v) is 0.963. The molecule has 0 fully saturated rings. The molecule has 1 nitrogen and oxygen atoms in total. The van der Waals surface area contributed by atoms with E-state index >= 15 is 0 Å². The van der Waals surface area contributed by atoms with E-state index in [1.54, 1.807) is 7.11 Å². The topological polar surface area (TPSA) is 9.23 Å². The molecular formula is C11H14O. The highest BCUT2D eigenvalue weighted by Gasteiger charge is 1.89. The Kier molecular flexibility index (Phi) is 2.44. The zero-order valence-electron chi connectivity index (χ0n) is 8.72. The molecule has 12 heavy (non-hydrogen) atoms. The Labute approximate surface area is 75.1 Å². The van der Waals surface area contributed by atoms with Gasteiger partial charge in [0.05, 0.1) is 8.48 Å². The summed E-state index contributed by atoms with van der Waals surface area (Å²) in [5.41, 5.74) is 1.95. The van der Waals surface area contributed by atoms with Crippen LogP contribution in [0.15, 0.2) is 29.8 Å². The fourth-order valence-electron chi connectivity index (χ4n) is 0.963. The number of rotatable bonds is 2. The summed E-state index contributed by atoms with van der Waals surface area (Å²) in [4.78, 5) is 0. The first-order valence-corrected chi connectivity index (χ1v) is 3.93. The molecule has 1 rings (SSSR count). The van der Waals surface area contributed by atoms with Crippen LogP contribution in [-0.2, 0) is 0 Å². The van der Waals surface area contributed by atoms with Gasteiger partial charge in [0.1, 0.15) is 5.75 Å². The van der Waals surface area contributed by atoms with E-state index in [1.165, 1.54) is 0 Å². The van der Waals surface area contributed by atoms with Gasteiger partial charge in [0.25, 0.3) is 0 Å². The van der Waals surface area contributed by atoms with E-state index in [0.29, 0.717) is 6.05 Å². The standard InChI is InChI=1S/C11H14O/c1-9(2)8-10-4-6-11(12-3)7-5-10/h4-8H,1-3H3/i8D. The lowest BCUT2D eigenvalue weighted by atomic mass is 10.1.